The van der Waals surface area contributed by atoms with Crippen molar-refractivity contribution in [3.63, 3.8) is 0 Å². The third-order valence-corrected chi connectivity index (χ3v) is 4.89. The highest BCUT2D eigenvalue weighted by molar-refractivity contribution is 7.15. The highest BCUT2D eigenvalue weighted by Gasteiger charge is 2.10. The van der Waals surface area contributed by atoms with Crippen molar-refractivity contribution in [1.29, 1.82) is 0 Å². The van der Waals surface area contributed by atoms with Gasteiger partial charge in [-0.05, 0) is 27.7 Å². The lowest BCUT2D eigenvalue weighted by Crippen LogP contribution is -2.21. The fourth-order valence-electron chi connectivity index (χ4n) is 2.40. The van der Waals surface area contributed by atoms with E-state index in [0.717, 1.165) is 37.0 Å². The first-order valence-corrected chi connectivity index (χ1v) is 8.27. The predicted octanol–water partition coefficient (Wildman–Crippen LogP) is 2.63. The number of aryl methyl sites for hydroxylation is 2. The molecule has 0 aliphatic carbocycles. The van der Waals surface area contributed by atoms with Crippen LogP contribution in [-0.2, 0) is 20.1 Å². The summed E-state index contributed by atoms with van der Waals surface area (Å²) >= 11 is 1.77. The number of hydrogen-bond acceptors (Lipinski definition) is 5. The molecule has 2 heterocycles. The summed E-state index contributed by atoms with van der Waals surface area (Å²) in [5.41, 5.74) is 3.63. The van der Waals surface area contributed by atoms with Crippen LogP contribution >= 0.6 is 11.3 Å². The quantitative estimate of drug-likeness (QED) is 0.854. The normalized spacial score (nSPS) is 11.1. The van der Waals surface area contributed by atoms with E-state index >= 15 is 0 Å². The first kappa shape index (κ1) is 16.0. The van der Waals surface area contributed by atoms with Gasteiger partial charge in [-0.3, -0.25) is 4.68 Å². The lowest BCUT2D eigenvalue weighted by Gasteiger charge is -2.16. The Morgan fingerprint density at radius 2 is 1.95 bits per heavy atom. The molecule has 0 atom stereocenters. The highest BCUT2D eigenvalue weighted by atomic mass is 32.1. The third-order valence-electron chi connectivity index (χ3n) is 3.84. The maximum absolute atomic E-state index is 4.51. The Morgan fingerprint density at radius 3 is 2.52 bits per heavy atom. The lowest BCUT2D eigenvalue weighted by molar-refractivity contribution is 0.689. The van der Waals surface area contributed by atoms with Crippen LogP contribution in [0.4, 0.5) is 5.13 Å². The van der Waals surface area contributed by atoms with E-state index in [2.05, 4.69) is 48.0 Å². The molecule has 0 radical (unpaired) electrons. The molecule has 2 aromatic heterocycles. The zero-order chi connectivity index (χ0) is 15.4. The summed E-state index contributed by atoms with van der Waals surface area (Å²) in [6.07, 6.45) is 1.98. The van der Waals surface area contributed by atoms with E-state index in [1.54, 1.807) is 11.3 Å². The summed E-state index contributed by atoms with van der Waals surface area (Å²) in [6, 6.07) is 0. The van der Waals surface area contributed by atoms with Crippen LogP contribution < -0.4 is 10.2 Å². The molecule has 0 aromatic carbocycles. The highest BCUT2D eigenvalue weighted by Crippen LogP contribution is 2.22. The maximum atomic E-state index is 4.51. The first-order chi connectivity index (χ1) is 10.1. The Hall–Kier alpha value is -1.40. The Bertz CT molecular complexity index is 583. The largest absolute Gasteiger partial charge is 0.349 e. The molecule has 2 rings (SSSR count). The van der Waals surface area contributed by atoms with Gasteiger partial charge in [0.1, 0.15) is 0 Å². The minimum absolute atomic E-state index is 0.851. The summed E-state index contributed by atoms with van der Waals surface area (Å²) in [7, 11) is 1.99. The SMILES string of the molecule is CCN(CC)c1ncc(CNCc2c(C)nn(C)c2C)s1. The number of nitrogens with zero attached hydrogens (tertiary/aromatic N) is 4. The molecule has 2 aromatic rings. The second-order valence-corrected chi connectivity index (χ2v) is 6.25. The van der Waals surface area contributed by atoms with Crippen molar-refractivity contribution in [2.45, 2.75) is 40.8 Å². The van der Waals surface area contributed by atoms with Crippen molar-refractivity contribution in [3.8, 4) is 0 Å². The molecule has 1 N–H and O–H groups in total. The van der Waals surface area contributed by atoms with E-state index in [-0.39, 0.29) is 0 Å². The van der Waals surface area contributed by atoms with Crippen LogP contribution in [0.5, 0.6) is 0 Å². The van der Waals surface area contributed by atoms with Gasteiger partial charge in [0.15, 0.2) is 5.13 Å². The molecule has 0 saturated carbocycles. The van der Waals surface area contributed by atoms with Crippen molar-refractivity contribution >= 4 is 16.5 Å². The molecule has 0 aliphatic heterocycles. The van der Waals surface area contributed by atoms with Crippen molar-refractivity contribution < 1.29 is 0 Å². The standard InChI is InChI=1S/C15H25N5S/c1-6-20(7-2)15-17-9-13(21-15)8-16-10-14-11(3)18-19(5)12(14)4/h9,16H,6-8,10H2,1-5H3. The van der Waals surface area contributed by atoms with E-state index in [4.69, 9.17) is 0 Å². The average Bonchev–Trinajstić information content (AvgIpc) is 3.01. The molecule has 0 fully saturated rings. The van der Waals surface area contributed by atoms with Gasteiger partial charge in [0.25, 0.3) is 0 Å². The van der Waals surface area contributed by atoms with E-state index < -0.39 is 0 Å². The number of aromatic nitrogens is 3. The molecule has 0 spiro atoms. The van der Waals surface area contributed by atoms with Gasteiger partial charge in [-0.1, -0.05) is 0 Å². The lowest BCUT2D eigenvalue weighted by atomic mass is 10.2. The molecule has 0 saturated heterocycles. The topological polar surface area (TPSA) is 46.0 Å². The van der Waals surface area contributed by atoms with E-state index in [1.165, 1.54) is 16.1 Å². The van der Waals surface area contributed by atoms with Crippen LogP contribution in [0.15, 0.2) is 6.20 Å². The fraction of sp³-hybridized carbons (Fsp3) is 0.600. The van der Waals surface area contributed by atoms with Gasteiger partial charge in [-0.25, -0.2) is 4.98 Å². The van der Waals surface area contributed by atoms with Gasteiger partial charge in [-0.2, -0.15) is 5.10 Å². The van der Waals surface area contributed by atoms with Crippen molar-refractivity contribution in [3.05, 3.63) is 28.0 Å². The minimum atomic E-state index is 0.851. The average molecular weight is 307 g/mol. The second kappa shape index (κ2) is 7.04. The van der Waals surface area contributed by atoms with Gasteiger partial charge < -0.3 is 10.2 Å². The Balaban J connectivity index is 1.92. The number of rotatable bonds is 7. The molecule has 0 aliphatic rings. The molecule has 116 valence electrons. The van der Waals surface area contributed by atoms with E-state index in [1.807, 2.05) is 17.9 Å². The molecule has 21 heavy (non-hydrogen) atoms. The van der Waals surface area contributed by atoms with Crippen LogP contribution in [-0.4, -0.2) is 27.9 Å². The minimum Gasteiger partial charge on any atom is -0.349 e. The predicted molar refractivity (Wildman–Crippen MR) is 88.9 cm³/mol. The molecule has 0 unspecified atom stereocenters. The van der Waals surface area contributed by atoms with Crippen LogP contribution in [0, 0.1) is 13.8 Å². The molecule has 5 nitrogen and oxygen atoms in total. The second-order valence-electron chi connectivity index (χ2n) is 5.16. The van der Waals surface area contributed by atoms with Crippen molar-refractivity contribution in [2.24, 2.45) is 7.05 Å². The van der Waals surface area contributed by atoms with Gasteiger partial charge >= 0.3 is 0 Å². The third kappa shape index (κ3) is 3.63. The molecule has 6 heteroatoms. The monoisotopic (exact) mass is 307 g/mol. The number of nitrogens with one attached hydrogen (secondary N) is 1. The molecule has 0 amide bonds. The molecular weight excluding hydrogens is 282 g/mol. The van der Waals surface area contributed by atoms with E-state index in [0.29, 0.717) is 0 Å². The van der Waals surface area contributed by atoms with Crippen molar-refractivity contribution in [1.82, 2.24) is 20.1 Å². The first-order valence-electron chi connectivity index (χ1n) is 7.46. The number of thiazole rings is 1. The number of anilines is 1. The zero-order valence-electron chi connectivity index (χ0n) is 13.6. The van der Waals surface area contributed by atoms with Gasteiger partial charge in [0.05, 0.1) is 5.69 Å². The molecule has 0 bridgehead atoms. The smallest absolute Gasteiger partial charge is 0.185 e. The zero-order valence-corrected chi connectivity index (χ0v) is 14.4. The van der Waals surface area contributed by atoms with Crippen molar-refractivity contribution in [2.75, 3.05) is 18.0 Å². The van der Waals surface area contributed by atoms with Gasteiger partial charge in [0.2, 0.25) is 0 Å². The van der Waals surface area contributed by atoms with Gasteiger partial charge in [0, 0.05) is 55.6 Å². The maximum Gasteiger partial charge on any atom is 0.185 e. The van der Waals surface area contributed by atoms with Crippen LogP contribution in [0.2, 0.25) is 0 Å². The van der Waals surface area contributed by atoms with Gasteiger partial charge in [-0.15, -0.1) is 11.3 Å². The van der Waals surface area contributed by atoms with Crippen LogP contribution in [0.1, 0.15) is 35.7 Å². The van der Waals surface area contributed by atoms with Crippen LogP contribution in [0.3, 0.4) is 0 Å². The Labute approximate surface area is 131 Å². The Kier molecular flexibility index (Phi) is 5.36. The fourth-order valence-corrected chi connectivity index (χ4v) is 3.41. The van der Waals surface area contributed by atoms with E-state index in [9.17, 15) is 0 Å². The summed E-state index contributed by atoms with van der Waals surface area (Å²) in [5, 5.41) is 9.06. The summed E-state index contributed by atoms with van der Waals surface area (Å²) in [5.74, 6) is 0. The Morgan fingerprint density at radius 1 is 1.24 bits per heavy atom. The summed E-state index contributed by atoms with van der Waals surface area (Å²) in [4.78, 5) is 8.07. The van der Waals surface area contributed by atoms with Crippen LogP contribution in [0.25, 0.3) is 0 Å². The summed E-state index contributed by atoms with van der Waals surface area (Å²) < 4.78 is 1.94. The number of hydrogen-bond donors (Lipinski definition) is 1. The molecular formula is C15H25N5S. The summed E-state index contributed by atoms with van der Waals surface area (Å²) in [6.45, 7) is 12.2.